The van der Waals surface area contributed by atoms with Crippen molar-refractivity contribution in [3.8, 4) is 0 Å². The van der Waals surface area contributed by atoms with E-state index in [1.54, 1.807) is 24.7 Å². The number of halogens is 2. The van der Waals surface area contributed by atoms with E-state index in [0.29, 0.717) is 23.0 Å². The zero-order valence-electron chi connectivity index (χ0n) is 9.05. The largest absolute Gasteiger partial charge is 0.391 e. The van der Waals surface area contributed by atoms with E-state index in [1.807, 2.05) is 16.8 Å². The van der Waals surface area contributed by atoms with Gasteiger partial charge in [-0.3, -0.25) is 0 Å². The molecule has 0 aliphatic heterocycles. The van der Waals surface area contributed by atoms with Gasteiger partial charge >= 0.3 is 0 Å². The van der Waals surface area contributed by atoms with Gasteiger partial charge in [0.25, 0.3) is 0 Å². The van der Waals surface area contributed by atoms with Gasteiger partial charge in [0.05, 0.1) is 12.4 Å². The van der Waals surface area contributed by atoms with Gasteiger partial charge in [0, 0.05) is 35.4 Å². The molecule has 1 heterocycles. The van der Waals surface area contributed by atoms with Crippen LogP contribution in [-0.4, -0.2) is 20.8 Å². The number of imidazole rings is 1. The minimum atomic E-state index is -0.497. The van der Waals surface area contributed by atoms with Crippen molar-refractivity contribution in [1.82, 2.24) is 9.55 Å². The second-order valence-electron chi connectivity index (χ2n) is 3.85. The SMILES string of the molecule is OC(Cc1ccc(Cl)cc1Cl)Cn1ccnc1. The van der Waals surface area contributed by atoms with Crippen LogP contribution in [-0.2, 0) is 13.0 Å². The summed E-state index contributed by atoms with van der Waals surface area (Å²) in [7, 11) is 0. The molecule has 0 aliphatic rings. The molecule has 2 aromatic rings. The highest BCUT2D eigenvalue weighted by Gasteiger charge is 2.09. The molecule has 0 amide bonds. The van der Waals surface area contributed by atoms with Crippen LogP contribution in [0.25, 0.3) is 0 Å². The lowest BCUT2D eigenvalue weighted by molar-refractivity contribution is 0.154. The van der Waals surface area contributed by atoms with E-state index in [9.17, 15) is 5.11 Å². The van der Waals surface area contributed by atoms with E-state index in [-0.39, 0.29) is 0 Å². The maximum absolute atomic E-state index is 9.93. The molecule has 0 fully saturated rings. The molecule has 0 saturated carbocycles. The Morgan fingerprint density at radius 1 is 1.35 bits per heavy atom. The zero-order valence-corrected chi connectivity index (χ0v) is 10.6. The summed E-state index contributed by atoms with van der Waals surface area (Å²) < 4.78 is 1.83. The van der Waals surface area contributed by atoms with Gasteiger partial charge in [-0.25, -0.2) is 4.98 Å². The Kier molecular flexibility index (Phi) is 4.05. The van der Waals surface area contributed by atoms with Gasteiger partial charge in [-0.1, -0.05) is 29.3 Å². The number of aliphatic hydroxyl groups is 1. The monoisotopic (exact) mass is 270 g/mol. The normalized spacial score (nSPS) is 12.6. The highest BCUT2D eigenvalue weighted by atomic mass is 35.5. The van der Waals surface area contributed by atoms with Gasteiger partial charge in [0.2, 0.25) is 0 Å². The predicted molar refractivity (Wildman–Crippen MR) is 68.4 cm³/mol. The first-order valence-electron chi connectivity index (χ1n) is 5.23. The molecular weight excluding hydrogens is 259 g/mol. The summed E-state index contributed by atoms with van der Waals surface area (Å²) >= 11 is 11.9. The molecule has 1 unspecified atom stereocenters. The van der Waals surface area contributed by atoms with E-state index in [0.717, 1.165) is 5.56 Å². The Morgan fingerprint density at radius 3 is 2.82 bits per heavy atom. The van der Waals surface area contributed by atoms with E-state index < -0.39 is 6.10 Å². The summed E-state index contributed by atoms with van der Waals surface area (Å²) in [5.41, 5.74) is 0.892. The molecule has 1 atom stereocenters. The van der Waals surface area contributed by atoms with Crippen LogP contribution >= 0.6 is 23.2 Å². The number of hydrogen-bond acceptors (Lipinski definition) is 2. The minimum absolute atomic E-state index is 0.494. The predicted octanol–water partition coefficient (Wildman–Crippen LogP) is 2.79. The molecule has 0 radical (unpaired) electrons. The highest BCUT2D eigenvalue weighted by molar-refractivity contribution is 6.35. The van der Waals surface area contributed by atoms with Crippen molar-refractivity contribution in [2.24, 2.45) is 0 Å². The number of hydrogen-bond donors (Lipinski definition) is 1. The van der Waals surface area contributed by atoms with Crippen LogP contribution < -0.4 is 0 Å². The molecule has 1 aromatic heterocycles. The van der Waals surface area contributed by atoms with Gasteiger partial charge in [0.15, 0.2) is 0 Å². The number of aliphatic hydroxyl groups excluding tert-OH is 1. The minimum Gasteiger partial charge on any atom is -0.391 e. The Labute approximate surface area is 110 Å². The average Bonchev–Trinajstić information content (AvgIpc) is 2.75. The Balaban J connectivity index is 2.00. The molecule has 2 rings (SSSR count). The quantitative estimate of drug-likeness (QED) is 0.928. The fourth-order valence-corrected chi connectivity index (χ4v) is 2.13. The summed E-state index contributed by atoms with van der Waals surface area (Å²) in [4.78, 5) is 3.92. The lowest BCUT2D eigenvalue weighted by Crippen LogP contribution is -2.17. The summed E-state index contributed by atoms with van der Waals surface area (Å²) in [6.07, 6.45) is 5.16. The van der Waals surface area contributed by atoms with E-state index in [2.05, 4.69) is 4.98 Å². The van der Waals surface area contributed by atoms with Crippen molar-refractivity contribution >= 4 is 23.2 Å². The molecule has 90 valence electrons. The number of aromatic nitrogens is 2. The highest BCUT2D eigenvalue weighted by Crippen LogP contribution is 2.22. The van der Waals surface area contributed by atoms with Gasteiger partial charge in [-0.15, -0.1) is 0 Å². The summed E-state index contributed by atoms with van der Waals surface area (Å²) in [5, 5.41) is 11.1. The van der Waals surface area contributed by atoms with Crippen LogP contribution in [0, 0.1) is 0 Å². The second kappa shape index (κ2) is 5.54. The van der Waals surface area contributed by atoms with Crippen molar-refractivity contribution < 1.29 is 5.11 Å². The van der Waals surface area contributed by atoms with Crippen molar-refractivity contribution in [1.29, 1.82) is 0 Å². The summed E-state index contributed by atoms with van der Waals surface area (Å²) in [6, 6.07) is 5.29. The maximum Gasteiger partial charge on any atom is 0.0946 e. The van der Waals surface area contributed by atoms with Crippen LogP contribution in [0.4, 0.5) is 0 Å². The zero-order chi connectivity index (χ0) is 12.3. The van der Waals surface area contributed by atoms with Crippen LogP contribution in [0.3, 0.4) is 0 Å². The molecule has 0 saturated heterocycles. The van der Waals surface area contributed by atoms with Gasteiger partial charge in [0.1, 0.15) is 0 Å². The fourth-order valence-electron chi connectivity index (χ4n) is 1.64. The average molecular weight is 271 g/mol. The standard InChI is InChI=1S/C12H12Cl2N2O/c13-10-2-1-9(12(14)6-10)5-11(17)7-16-4-3-15-8-16/h1-4,6,8,11,17H,5,7H2. The third-order valence-corrected chi connectivity index (χ3v) is 3.04. The molecule has 1 N–H and O–H groups in total. The third kappa shape index (κ3) is 3.46. The number of rotatable bonds is 4. The summed E-state index contributed by atoms with van der Waals surface area (Å²) in [5.74, 6) is 0. The van der Waals surface area contributed by atoms with Crippen molar-refractivity contribution in [3.63, 3.8) is 0 Å². The van der Waals surface area contributed by atoms with Crippen LogP contribution in [0.2, 0.25) is 10.0 Å². The molecule has 1 aromatic carbocycles. The van der Waals surface area contributed by atoms with E-state index in [1.165, 1.54) is 0 Å². The molecule has 5 heteroatoms. The van der Waals surface area contributed by atoms with Crippen molar-refractivity contribution in [3.05, 3.63) is 52.5 Å². The van der Waals surface area contributed by atoms with Crippen LogP contribution in [0.15, 0.2) is 36.9 Å². The first-order chi connectivity index (χ1) is 8.15. The molecule has 0 spiro atoms. The Hall–Kier alpha value is -1.03. The molecule has 0 aliphatic carbocycles. The molecular formula is C12H12Cl2N2O. The topological polar surface area (TPSA) is 38.0 Å². The van der Waals surface area contributed by atoms with Crippen LogP contribution in [0.1, 0.15) is 5.56 Å². The van der Waals surface area contributed by atoms with E-state index >= 15 is 0 Å². The lowest BCUT2D eigenvalue weighted by Gasteiger charge is -2.12. The van der Waals surface area contributed by atoms with Crippen molar-refractivity contribution in [2.45, 2.75) is 19.1 Å². The maximum atomic E-state index is 9.93. The first kappa shape index (κ1) is 12.4. The molecule has 3 nitrogen and oxygen atoms in total. The van der Waals surface area contributed by atoms with Gasteiger partial charge < -0.3 is 9.67 Å². The lowest BCUT2D eigenvalue weighted by atomic mass is 10.1. The Bertz CT molecular complexity index is 485. The molecule has 0 bridgehead atoms. The van der Waals surface area contributed by atoms with E-state index in [4.69, 9.17) is 23.2 Å². The number of benzene rings is 1. The van der Waals surface area contributed by atoms with Crippen LogP contribution in [0.5, 0.6) is 0 Å². The molecule has 17 heavy (non-hydrogen) atoms. The Morgan fingerprint density at radius 2 is 2.18 bits per heavy atom. The fraction of sp³-hybridized carbons (Fsp3) is 0.250. The summed E-state index contributed by atoms with van der Waals surface area (Å²) in [6.45, 7) is 0.499. The van der Waals surface area contributed by atoms with Gasteiger partial charge in [-0.2, -0.15) is 0 Å². The smallest absolute Gasteiger partial charge is 0.0946 e. The second-order valence-corrected chi connectivity index (χ2v) is 4.70. The third-order valence-electron chi connectivity index (χ3n) is 2.45. The van der Waals surface area contributed by atoms with Gasteiger partial charge in [-0.05, 0) is 17.7 Å². The number of nitrogens with zero attached hydrogens (tertiary/aromatic N) is 2. The first-order valence-corrected chi connectivity index (χ1v) is 5.98. The van der Waals surface area contributed by atoms with Crippen molar-refractivity contribution in [2.75, 3.05) is 0 Å².